The molecule has 4 rings (SSSR count). The summed E-state index contributed by atoms with van der Waals surface area (Å²) in [5, 5.41) is 12.7. The second-order valence-electron chi connectivity index (χ2n) is 7.76. The van der Waals surface area contributed by atoms with E-state index in [1.807, 2.05) is 0 Å². The number of alkyl halides is 3. The Morgan fingerprint density at radius 3 is 2.47 bits per heavy atom. The monoisotopic (exact) mass is 423 g/mol. The Morgan fingerprint density at radius 1 is 1.17 bits per heavy atom. The number of carbonyl (C=O) groups is 2. The summed E-state index contributed by atoms with van der Waals surface area (Å²) in [6, 6.07) is 6.04. The Kier molecular flexibility index (Phi) is 5.27. The number of nitrogens with zero attached hydrogens (tertiary/aromatic N) is 3. The van der Waals surface area contributed by atoms with Gasteiger partial charge in [-0.05, 0) is 48.4 Å². The largest absolute Gasteiger partial charge is 0.476 e. The van der Waals surface area contributed by atoms with Crippen LogP contribution in [0.2, 0.25) is 0 Å². The molecule has 1 N–H and O–H groups in total. The lowest BCUT2D eigenvalue weighted by Gasteiger charge is -2.19. The molecule has 160 valence electrons. The molecular weight excluding hydrogens is 403 g/mol. The van der Waals surface area contributed by atoms with E-state index in [4.69, 9.17) is 9.84 Å². The lowest BCUT2D eigenvalue weighted by molar-refractivity contribution is -0.137. The van der Waals surface area contributed by atoms with Crippen LogP contribution in [0.15, 0.2) is 36.5 Å². The summed E-state index contributed by atoms with van der Waals surface area (Å²) in [6.07, 6.45) is -1.65. The van der Waals surface area contributed by atoms with E-state index in [9.17, 15) is 22.8 Å². The fraction of sp³-hybridized carbons (Fsp3) is 0.450. The van der Waals surface area contributed by atoms with Gasteiger partial charge in [0.1, 0.15) is 0 Å². The van der Waals surface area contributed by atoms with Crippen molar-refractivity contribution in [2.45, 2.75) is 31.7 Å². The van der Waals surface area contributed by atoms with E-state index in [2.05, 4.69) is 5.10 Å². The molecule has 2 heterocycles. The number of fused-ring (bicyclic) bond motifs is 1. The molecule has 1 saturated heterocycles. The van der Waals surface area contributed by atoms with Crippen molar-refractivity contribution in [1.82, 2.24) is 14.7 Å². The Balaban J connectivity index is 1.29. The van der Waals surface area contributed by atoms with Crippen LogP contribution in [0, 0.1) is 11.8 Å². The predicted octanol–water partition coefficient (Wildman–Crippen LogP) is 3.50. The first kappa shape index (κ1) is 20.4. The number of carboxylic acid groups (broad SMARTS) is 1. The SMILES string of the molecule is O=C(O)c1ccn(C(=O)N2C[C@H]3CC(OCc4cccc(C(F)(F)F)c4)C[C@H]3C2)n1. The molecule has 30 heavy (non-hydrogen) atoms. The van der Waals surface area contributed by atoms with Crippen LogP contribution in [0.5, 0.6) is 0 Å². The molecule has 1 aliphatic carbocycles. The lowest BCUT2D eigenvalue weighted by Crippen LogP contribution is -2.34. The highest BCUT2D eigenvalue weighted by molar-refractivity contribution is 5.86. The lowest BCUT2D eigenvalue weighted by atomic mass is 10.0. The number of benzene rings is 1. The van der Waals surface area contributed by atoms with Gasteiger partial charge < -0.3 is 14.7 Å². The molecule has 0 spiro atoms. The number of amides is 1. The van der Waals surface area contributed by atoms with Crippen LogP contribution in [0.3, 0.4) is 0 Å². The number of hydrogen-bond acceptors (Lipinski definition) is 4. The van der Waals surface area contributed by atoms with Crippen molar-refractivity contribution >= 4 is 12.0 Å². The first-order valence-corrected chi connectivity index (χ1v) is 9.56. The smallest absolute Gasteiger partial charge is 0.416 e. The van der Waals surface area contributed by atoms with Gasteiger partial charge in [-0.1, -0.05) is 12.1 Å². The van der Waals surface area contributed by atoms with Gasteiger partial charge in [0.2, 0.25) is 0 Å². The van der Waals surface area contributed by atoms with Crippen molar-refractivity contribution in [3.63, 3.8) is 0 Å². The van der Waals surface area contributed by atoms with E-state index in [0.29, 0.717) is 18.7 Å². The second-order valence-corrected chi connectivity index (χ2v) is 7.76. The highest BCUT2D eigenvalue weighted by Crippen LogP contribution is 2.40. The molecule has 2 fully saturated rings. The molecular formula is C20H20F3N3O4. The summed E-state index contributed by atoms with van der Waals surface area (Å²) in [4.78, 5) is 25.1. The second kappa shape index (κ2) is 7.75. The Hall–Kier alpha value is -2.88. The Labute approximate surface area is 170 Å². The zero-order chi connectivity index (χ0) is 21.5. The van der Waals surface area contributed by atoms with E-state index in [-0.39, 0.29) is 36.3 Å². The van der Waals surface area contributed by atoms with Crippen LogP contribution in [0.1, 0.15) is 34.5 Å². The molecule has 2 aliphatic rings. The molecule has 1 unspecified atom stereocenters. The third-order valence-electron chi connectivity index (χ3n) is 5.72. The minimum absolute atomic E-state index is 0.0601. The minimum atomic E-state index is -4.38. The maximum absolute atomic E-state index is 12.8. The summed E-state index contributed by atoms with van der Waals surface area (Å²) < 4.78 is 45.3. The number of carboxylic acids is 1. The molecule has 1 aromatic heterocycles. The van der Waals surface area contributed by atoms with Gasteiger partial charge in [0.25, 0.3) is 0 Å². The molecule has 1 amide bonds. The van der Waals surface area contributed by atoms with Crippen molar-refractivity contribution in [3.05, 3.63) is 53.3 Å². The first-order chi connectivity index (χ1) is 14.2. The fourth-order valence-corrected chi connectivity index (χ4v) is 4.28. The third kappa shape index (κ3) is 4.18. The van der Waals surface area contributed by atoms with Crippen LogP contribution in [-0.2, 0) is 17.5 Å². The summed E-state index contributed by atoms with van der Waals surface area (Å²) >= 11 is 0. The normalized spacial score (nSPS) is 23.6. The van der Waals surface area contributed by atoms with Gasteiger partial charge >= 0.3 is 18.2 Å². The van der Waals surface area contributed by atoms with Gasteiger partial charge in [-0.2, -0.15) is 23.0 Å². The number of halogens is 3. The molecule has 1 saturated carbocycles. The van der Waals surface area contributed by atoms with Gasteiger partial charge in [0.15, 0.2) is 5.69 Å². The summed E-state index contributed by atoms with van der Waals surface area (Å²) in [5.41, 5.74) is -0.400. The van der Waals surface area contributed by atoms with E-state index in [1.165, 1.54) is 18.3 Å². The number of hydrogen-bond donors (Lipinski definition) is 1. The number of likely N-dealkylation sites (tertiary alicyclic amines) is 1. The molecule has 2 aromatic rings. The molecule has 0 bridgehead atoms. The van der Waals surface area contributed by atoms with Crippen LogP contribution in [0.4, 0.5) is 18.0 Å². The highest BCUT2D eigenvalue weighted by Gasteiger charge is 2.43. The minimum Gasteiger partial charge on any atom is -0.476 e. The summed E-state index contributed by atoms with van der Waals surface area (Å²) in [7, 11) is 0. The Bertz CT molecular complexity index is 945. The van der Waals surface area contributed by atoms with Crippen molar-refractivity contribution in [2.24, 2.45) is 11.8 Å². The quantitative estimate of drug-likeness (QED) is 0.814. The zero-order valence-corrected chi connectivity index (χ0v) is 15.9. The van der Waals surface area contributed by atoms with Crippen LogP contribution in [0.25, 0.3) is 0 Å². The van der Waals surface area contributed by atoms with Crippen molar-refractivity contribution in [1.29, 1.82) is 0 Å². The van der Waals surface area contributed by atoms with E-state index >= 15 is 0 Å². The van der Waals surface area contributed by atoms with Crippen LogP contribution < -0.4 is 0 Å². The highest BCUT2D eigenvalue weighted by atomic mass is 19.4. The van der Waals surface area contributed by atoms with Gasteiger partial charge in [-0.25, -0.2) is 9.59 Å². The molecule has 0 radical (unpaired) electrons. The standard InChI is InChI=1S/C20H20F3N3O4/c21-20(22,23)15-3-1-2-12(6-15)11-30-16-7-13-9-25(10-14(13)8-16)19(29)26-5-4-17(24-26)18(27)28/h1-6,13-14,16H,7-11H2,(H,27,28)/t13-,14+,16?. The maximum atomic E-state index is 12.8. The van der Waals surface area contributed by atoms with Crippen LogP contribution in [-0.4, -0.2) is 51.0 Å². The number of aromatic nitrogens is 2. The zero-order valence-electron chi connectivity index (χ0n) is 15.9. The van der Waals surface area contributed by atoms with E-state index in [1.54, 1.807) is 11.0 Å². The van der Waals surface area contributed by atoms with Crippen LogP contribution >= 0.6 is 0 Å². The van der Waals surface area contributed by atoms with Gasteiger partial charge in [0.05, 0.1) is 18.3 Å². The average molecular weight is 423 g/mol. The Morgan fingerprint density at radius 2 is 1.87 bits per heavy atom. The van der Waals surface area contributed by atoms with Gasteiger partial charge in [0, 0.05) is 19.3 Å². The molecule has 7 nitrogen and oxygen atoms in total. The van der Waals surface area contributed by atoms with Gasteiger partial charge in [-0.3, -0.25) is 0 Å². The van der Waals surface area contributed by atoms with Crippen molar-refractivity contribution in [2.75, 3.05) is 13.1 Å². The van der Waals surface area contributed by atoms with Crippen molar-refractivity contribution in [3.8, 4) is 0 Å². The molecule has 3 atom stereocenters. The molecule has 10 heteroatoms. The molecule has 1 aromatic carbocycles. The number of ether oxygens (including phenoxy) is 1. The van der Waals surface area contributed by atoms with Gasteiger partial charge in [-0.15, -0.1) is 0 Å². The fourth-order valence-electron chi connectivity index (χ4n) is 4.28. The third-order valence-corrected chi connectivity index (χ3v) is 5.72. The summed E-state index contributed by atoms with van der Waals surface area (Å²) in [6.45, 7) is 1.16. The average Bonchev–Trinajstić information content (AvgIpc) is 3.40. The maximum Gasteiger partial charge on any atom is 0.416 e. The molecule has 1 aliphatic heterocycles. The predicted molar refractivity (Wildman–Crippen MR) is 97.8 cm³/mol. The number of aromatic carboxylic acids is 1. The van der Waals surface area contributed by atoms with E-state index < -0.39 is 17.7 Å². The van der Waals surface area contributed by atoms with Crippen molar-refractivity contribution < 1.29 is 32.6 Å². The number of rotatable bonds is 4. The summed E-state index contributed by atoms with van der Waals surface area (Å²) in [5.74, 6) is -0.703. The van der Waals surface area contributed by atoms with E-state index in [0.717, 1.165) is 29.7 Å². The number of carbonyl (C=O) groups excluding carboxylic acids is 1. The first-order valence-electron chi connectivity index (χ1n) is 9.56. The topological polar surface area (TPSA) is 84.7 Å².